The van der Waals surface area contributed by atoms with Crippen LogP contribution < -0.4 is 27.5 Å². The summed E-state index contributed by atoms with van der Waals surface area (Å²) in [4.78, 5) is 59.7. The summed E-state index contributed by atoms with van der Waals surface area (Å²) in [6, 6.07) is 23.0. The van der Waals surface area contributed by atoms with Gasteiger partial charge in [0.15, 0.2) is 0 Å². The summed E-state index contributed by atoms with van der Waals surface area (Å²) >= 11 is 6.08. The van der Waals surface area contributed by atoms with Gasteiger partial charge in [0.1, 0.15) is 24.9 Å². The Bertz CT molecular complexity index is 2070. The van der Waals surface area contributed by atoms with E-state index in [0.717, 1.165) is 111 Å². The fourth-order valence-corrected chi connectivity index (χ4v) is 16.7. The smallest absolute Gasteiger partial charge is 0.326 e. The van der Waals surface area contributed by atoms with Crippen LogP contribution in [0.15, 0.2) is 60.7 Å². The second-order valence-electron chi connectivity index (χ2n) is 23.6. The molecule has 4 saturated carbocycles. The number of para-hydroxylation sites is 2. The maximum Gasteiger partial charge on any atom is 0.326 e. The number of rotatable bonds is 8. The Hall–Kier alpha value is -3.55. The van der Waals surface area contributed by atoms with E-state index < -0.39 is 18.0 Å². The number of carboxylic acids is 2. The maximum atomic E-state index is 14.0. The third-order valence-corrected chi connectivity index (χ3v) is 19.4. The second kappa shape index (κ2) is 25.5. The molecule has 6 aliphatic heterocycles. The van der Waals surface area contributed by atoms with Gasteiger partial charge in [0, 0.05) is 54.2 Å². The molecule has 12 rings (SSSR count). The van der Waals surface area contributed by atoms with Crippen molar-refractivity contribution >= 4 is 46.3 Å². The van der Waals surface area contributed by atoms with Crippen molar-refractivity contribution in [2.75, 3.05) is 22.9 Å². The van der Waals surface area contributed by atoms with E-state index >= 15 is 0 Å². The summed E-state index contributed by atoms with van der Waals surface area (Å²) in [5.74, 6) is 2.18. The molecule has 12 nitrogen and oxygen atoms in total. The second-order valence-corrected chi connectivity index (χ2v) is 23.9. The van der Waals surface area contributed by atoms with Gasteiger partial charge < -0.3 is 32.8 Å². The topological polar surface area (TPSA) is 137 Å². The first-order valence-electron chi connectivity index (χ1n) is 28.3. The van der Waals surface area contributed by atoms with Gasteiger partial charge >= 0.3 is 23.3 Å². The van der Waals surface area contributed by atoms with Crippen molar-refractivity contribution in [1.82, 2.24) is 20.0 Å². The minimum absolute atomic E-state index is 0. The monoisotopic (exact) mass is 1040 g/mol. The molecule has 0 aromatic heterocycles. The summed E-state index contributed by atoms with van der Waals surface area (Å²) in [6.07, 6.45) is 33.0. The summed E-state index contributed by atoms with van der Waals surface area (Å²) in [7, 11) is 0. The van der Waals surface area contributed by atoms with Crippen molar-refractivity contribution in [1.29, 1.82) is 0 Å². The van der Waals surface area contributed by atoms with Crippen molar-refractivity contribution in [2.45, 2.75) is 228 Å². The van der Waals surface area contributed by atoms with E-state index in [4.69, 9.17) is 16.7 Å². The summed E-state index contributed by atoms with van der Waals surface area (Å²) < 4.78 is 0. The first kappa shape index (κ1) is 55.7. The Morgan fingerprint density at radius 2 is 1.00 bits per heavy atom. The van der Waals surface area contributed by atoms with Crippen LogP contribution in [-0.2, 0) is 9.59 Å². The maximum absolute atomic E-state index is 14.0. The van der Waals surface area contributed by atoms with E-state index in [1.807, 2.05) is 70.5 Å². The van der Waals surface area contributed by atoms with Gasteiger partial charge in [-0.2, -0.15) is 0 Å². The fraction of sp³-hybridized carbons (Fsp3) is 0.712. The molecule has 14 atom stereocenters. The van der Waals surface area contributed by atoms with Crippen molar-refractivity contribution in [3.8, 4) is 0 Å². The van der Waals surface area contributed by atoms with Gasteiger partial charge in [0.25, 0.3) is 0 Å². The number of hydrogen-bond acceptors (Lipinski definition) is 7. The van der Waals surface area contributed by atoms with Gasteiger partial charge in [0.2, 0.25) is 0 Å². The normalized spacial score (nSPS) is 35.4. The lowest BCUT2D eigenvalue weighted by Gasteiger charge is -2.56. The molecule has 3 N–H and O–H groups in total. The average molecular weight is 1050 g/mol. The number of fused-ring (bicyclic) bond motifs is 8. The summed E-state index contributed by atoms with van der Waals surface area (Å²) in [6.45, 7) is 1.40. The molecule has 4 aliphatic carbocycles. The van der Waals surface area contributed by atoms with E-state index in [2.05, 4.69) is 21.5 Å². The molecule has 6 heterocycles. The van der Waals surface area contributed by atoms with Crippen LogP contribution in [0.5, 0.6) is 0 Å². The van der Waals surface area contributed by atoms with Gasteiger partial charge in [-0.25, -0.2) is 9.59 Å². The number of carbonyl (C=O) groups is 4. The van der Waals surface area contributed by atoms with Crippen LogP contribution in [0.3, 0.4) is 0 Å². The highest BCUT2D eigenvalue weighted by Crippen LogP contribution is 2.49. The van der Waals surface area contributed by atoms with Crippen molar-refractivity contribution in [2.24, 2.45) is 23.7 Å². The van der Waals surface area contributed by atoms with Crippen molar-refractivity contribution in [3.05, 3.63) is 67.1 Å². The number of amides is 3. The van der Waals surface area contributed by atoms with Crippen molar-refractivity contribution in [3.63, 3.8) is 0 Å². The lowest BCUT2D eigenvalue weighted by molar-refractivity contribution is -0.141. The number of likely N-dealkylation sites (tertiary alicyclic amines) is 1. The van der Waals surface area contributed by atoms with Gasteiger partial charge in [-0.05, 0) is 169 Å². The third-order valence-electron chi connectivity index (χ3n) is 19.2. The first-order chi connectivity index (χ1) is 34.6. The predicted molar refractivity (Wildman–Crippen MR) is 286 cm³/mol. The Balaban J connectivity index is 0.000000168. The number of nitrogens with zero attached hydrogens (tertiary/aromatic N) is 5. The molecule has 0 spiro atoms. The minimum Gasteiger partial charge on any atom is -1.00 e. The summed E-state index contributed by atoms with van der Waals surface area (Å²) in [5.41, 5.74) is 1.85. The molecule has 6 unspecified atom stereocenters. The molecule has 2 aromatic rings. The van der Waals surface area contributed by atoms with Crippen LogP contribution in [-0.4, -0.2) is 122 Å². The first-order valence-corrected chi connectivity index (χ1v) is 28.7. The predicted octanol–water partition coefficient (Wildman–Crippen LogP) is 9.00. The molecule has 73 heavy (non-hydrogen) atoms. The quantitative estimate of drug-likeness (QED) is 0.135. The number of nitrogens with one attached hydrogen (secondary N) is 1. The number of piperidine rings is 4. The van der Waals surface area contributed by atoms with Crippen LogP contribution >= 0.6 is 11.6 Å². The van der Waals surface area contributed by atoms with Crippen LogP contribution in [0.1, 0.15) is 168 Å². The molecule has 14 heteroatoms. The van der Waals surface area contributed by atoms with E-state index in [1.165, 1.54) is 96.3 Å². The highest BCUT2D eigenvalue weighted by Gasteiger charge is 2.50. The molecule has 0 radical (unpaired) electrons. The molecule has 10 aliphatic rings. The van der Waals surface area contributed by atoms with E-state index in [1.54, 1.807) is 4.90 Å². The Labute approximate surface area is 448 Å². The zero-order valence-corrected chi connectivity index (χ0v) is 44.1. The molecular weight excluding hydrogens is 960 g/mol. The Morgan fingerprint density at radius 3 is 1.45 bits per heavy atom. The minimum atomic E-state index is -0.876. The number of carbonyl (C=O) groups excluding carboxylic acids is 2. The molecular formula is C59H86Cl2N6O6. The van der Waals surface area contributed by atoms with Crippen LogP contribution in [0.25, 0.3) is 0 Å². The number of anilines is 2. The van der Waals surface area contributed by atoms with Crippen LogP contribution in [0.4, 0.5) is 21.0 Å². The number of halogens is 2. The highest BCUT2D eigenvalue weighted by molar-refractivity contribution is 6.66. The zero-order valence-electron chi connectivity index (χ0n) is 42.5. The fourth-order valence-electron chi connectivity index (χ4n) is 16.5. The molecule has 8 bridgehead atoms. The molecule has 6 saturated heterocycles. The number of aliphatic carboxylic acids is 2. The Morgan fingerprint density at radius 1 is 0.534 bits per heavy atom. The highest BCUT2D eigenvalue weighted by atomic mass is 35.5. The standard InChI is InChI=1S/C29H41N3O3.C24H32ClN2O.C5H9NO2.CH4.ClH/c33-28(34)27-13-6-14-30(27)29(35)32(22-9-2-1-3-10-22)26-18-23-11-5-12-24(19-26)31(23)25-16-20-7-4-8-21(15-20)17-25;25-24(28)27(19-8-2-1-3-9-19)23-15-20-10-5-11-21(16-23)26(20)22-13-17-6-4-7-18(12-17)14-22;7-5(8)4-2-1-3-6-4;;/h1-3,9-10,20-21,23-27H,4-8,11-19H2,(H,33,34);1-3,5,8-9,17-18,20-23H,4,6-7,10-16H2;4,6H,1-3H2,(H,7,8);1H4;1H/q;+1;;;/p-1/t20-,21+,23-,24+,25?,26?,27?;17-,18+,20-,21+,22?,23?;;;. The van der Waals surface area contributed by atoms with E-state index in [-0.39, 0.29) is 49.4 Å². The van der Waals surface area contributed by atoms with Gasteiger partial charge in [-0.1, -0.05) is 88.8 Å². The van der Waals surface area contributed by atoms with Crippen LogP contribution in [0, 0.1) is 30.1 Å². The van der Waals surface area contributed by atoms with E-state index in [9.17, 15) is 24.3 Å². The number of carboxylic acid groups (broad SMARTS) is 2. The largest absolute Gasteiger partial charge is 1.00 e. The Kier molecular flexibility index (Phi) is 19.5. The zero-order chi connectivity index (χ0) is 49.0. The average Bonchev–Trinajstić information content (AvgIpc) is 4.09. The van der Waals surface area contributed by atoms with Gasteiger partial charge in [-0.15, -0.1) is 0 Å². The molecule has 2 aromatic carbocycles. The van der Waals surface area contributed by atoms with E-state index in [0.29, 0.717) is 37.1 Å². The van der Waals surface area contributed by atoms with Crippen LogP contribution in [0.2, 0.25) is 0 Å². The van der Waals surface area contributed by atoms with Crippen molar-refractivity contribution < 1.29 is 41.8 Å². The lowest BCUT2D eigenvalue weighted by Crippen LogP contribution is -3.00. The number of benzene rings is 2. The molecule has 10 fully saturated rings. The summed E-state index contributed by atoms with van der Waals surface area (Å²) in [5, 5.41) is 20.6. The molecule has 402 valence electrons. The number of hydrogen-bond donors (Lipinski definition) is 3. The van der Waals surface area contributed by atoms with Gasteiger partial charge in [-0.3, -0.25) is 29.2 Å². The van der Waals surface area contributed by atoms with Gasteiger partial charge in [0.05, 0.1) is 18.5 Å². The number of urea groups is 1. The third kappa shape index (κ3) is 12.8. The SMILES string of the molecule is C.O=C(Cl)N(c1ccccc1)C1C[C@H]2C[CH+]C[C@@H](C1)N2C1C[C@H]2CCC[C@@H](C1)C2.O=C(O)C1CCCN1.O=C(O)C1CCCN1C(=O)N(c1ccccc1)C1C[C@H]2CCC[C@@H](C1)N2C1C[C@H]2CCC[C@@H](C1)C2.[Cl-]. The molecule has 3 amide bonds. The lowest BCUT2D eigenvalue weighted by atomic mass is 9.68.